The highest BCUT2D eigenvalue weighted by molar-refractivity contribution is 6.29. The molecule has 572 valence electrons. The first kappa shape index (κ1) is 55.2. The molecule has 8 nitrogen and oxygen atoms in total. The number of aromatic amines is 1. The molecule has 24 rings (SSSR count). The first-order valence-corrected chi connectivity index (χ1v) is 38.9. The van der Waals surface area contributed by atoms with Gasteiger partial charge in [0.15, 0.2) is 0 Å². The Morgan fingerprint density at radius 3 is 1.06 bits per heavy atom. The molecule has 0 aliphatic rings. The molecule has 119 heavy (non-hydrogen) atoms. The van der Waals surface area contributed by atoms with E-state index in [1.54, 1.807) is 24.3 Å². The Morgan fingerprint density at radius 2 is 0.588 bits per heavy atom. The van der Waals surface area contributed by atoms with Crippen LogP contribution >= 0.6 is 11.6 Å². The van der Waals surface area contributed by atoms with Crippen LogP contribution in [0.5, 0.6) is 0 Å². The molecule has 0 amide bonds. The van der Waals surface area contributed by atoms with E-state index < -0.39 is 24.2 Å². The Morgan fingerprint density at radius 1 is 0.261 bits per heavy atom. The normalized spacial score (nSPS) is 13.2. The van der Waals surface area contributed by atoms with Crippen molar-refractivity contribution >= 4 is 142 Å². The van der Waals surface area contributed by atoms with Gasteiger partial charge in [0.1, 0.15) is 0 Å². The Bertz CT molecular complexity index is 8810. The molecule has 0 saturated heterocycles. The van der Waals surface area contributed by atoms with Crippen molar-refractivity contribution in [2.75, 3.05) is 0 Å². The fourth-order valence-corrected chi connectivity index (χ4v) is 16.9. The van der Waals surface area contributed by atoms with Crippen molar-refractivity contribution in [1.82, 2.24) is 38.6 Å². The van der Waals surface area contributed by atoms with Gasteiger partial charge in [0.2, 0.25) is 11.2 Å². The predicted molar refractivity (Wildman–Crippen MR) is 512 cm³/mol. The van der Waals surface area contributed by atoms with E-state index in [1.807, 2.05) is 65.2 Å². The summed E-state index contributed by atoms with van der Waals surface area (Å²) < 4.78 is 161. The molecule has 0 radical (unpaired) electrons. The maximum absolute atomic E-state index is 9.30. The van der Waals surface area contributed by atoms with Gasteiger partial charge in [-0.3, -0.25) is 4.57 Å². The fraction of sp³-hybridized carbons (Fsp3) is 0.0182. The lowest BCUT2D eigenvalue weighted by atomic mass is 10.0. The number of benzene rings is 18. The summed E-state index contributed by atoms with van der Waals surface area (Å²) in [4.78, 5) is 22.4. The zero-order chi connectivity index (χ0) is 99.9. The van der Waals surface area contributed by atoms with Gasteiger partial charge in [0.25, 0.3) is 0 Å². The minimum atomic E-state index is -0.463. The predicted octanol–water partition coefficient (Wildman–Crippen LogP) is 31.1. The van der Waals surface area contributed by atoms with Gasteiger partial charge in [0.05, 0.1) is 72.0 Å². The van der Waals surface area contributed by atoms with Gasteiger partial charge < -0.3 is 14.1 Å². The minimum Gasteiger partial charge on any atom is -0.355 e. The number of para-hydroxylation sites is 2. The van der Waals surface area contributed by atoms with Crippen molar-refractivity contribution in [2.24, 2.45) is 0 Å². The molecule has 0 unspecified atom stereocenters. The van der Waals surface area contributed by atoms with E-state index in [9.17, 15) is 1.37 Å². The van der Waals surface area contributed by atoms with Crippen LogP contribution in [0.2, 0.25) is 5.28 Å². The van der Waals surface area contributed by atoms with Crippen molar-refractivity contribution in [3.05, 3.63) is 418 Å². The molecule has 0 fully saturated rings. The SMILES string of the molecule is [2H]C.[2H]C.[2H][2H].[2H][2H].[2H][2H].[2H][2H].[2H]c1c([2H])c([2H])c2c(c1[2H])c([2H])c([2H])c1c(-c3ccccc3)nc(-n3c4ccc(-c5ccccc5)cc4c4cc(-n5c6ccccc6c6cc(-c7ccccc7)ccc65)ccc43)nc12.[2H]c1c([2H])c([2H])c2c(c1[2H])c([2H])c([2H])c1c(-c3ccccc3)nc(Cl)nc12.c1ccc(-c2ccc3[nH]c4ccc(-n5c6ccccc6c6cc(-c7ccccc7)ccc65)cc4c3c2)cc1. The highest BCUT2D eigenvalue weighted by Crippen LogP contribution is 2.44. The molecule has 0 bridgehead atoms. The molecule has 18 aromatic carbocycles. The number of nitrogens with one attached hydrogen (secondary N) is 1. The van der Waals surface area contributed by atoms with Crippen LogP contribution in [0.4, 0.5) is 0 Å². The van der Waals surface area contributed by atoms with Crippen molar-refractivity contribution < 1.29 is 31.1 Å². The minimum absolute atomic E-state index is 0.0476. The molecule has 24 aromatic rings. The van der Waals surface area contributed by atoms with Crippen molar-refractivity contribution in [3.8, 4) is 84.3 Å². The summed E-state index contributed by atoms with van der Waals surface area (Å²) in [6.07, 6.45) is 0. The molecule has 0 saturated carbocycles. The van der Waals surface area contributed by atoms with E-state index in [1.165, 1.54) is 75.3 Å². The molecule has 9 heteroatoms. The largest absolute Gasteiger partial charge is 0.355 e. The van der Waals surface area contributed by atoms with Crippen molar-refractivity contribution in [1.29, 1.82) is 0 Å². The van der Waals surface area contributed by atoms with E-state index in [0.29, 0.717) is 22.5 Å². The number of hydrogen-bond donors (Lipinski definition) is 1. The van der Waals surface area contributed by atoms with Crippen molar-refractivity contribution in [3.63, 3.8) is 0 Å². The summed E-state index contributed by atoms with van der Waals surface area (Å²) in [5, 5.41) is 9.67. The number of rotatable bonds is 9. The van der Waals surface area contributed by atoms with Gasteiger partial charge in [-0.25, -0.2) is 19.9 Å². The van der Waals surface area contributed by atoms with Gasteiger partial charge in [-0.2, -0.15) is 0 Å². The van der Waals surface area contributed by atoms with E-state index in [0.717, 1.165) is 82.6 Å². The maximum Gasteiger partial charge on any atom is 0.235 e. The second-order valence-corrected chi connectivity index (χ2v) is 29.2. The number of fused-ring (bicyclic) bond motifs is 18. The first-order chi connectivity index (χ1) is 68.9. The van der Waals surface area contributed by atoms with Gasteiger partial charge in [-0.1, -0.05) is 318 Å². The van der Waals surface area contributed by atoms with Crippen LogP contribution in [0.25, 0.3) is 215 Å². The second kappa shape index (κ2) is 30.4. The Hall–Kier alpha value is -15.4. The van der Waals surface area contributed by atoms with E-state index in [2.05, 4.69) is 279 Å². The van der Waals surface area contributed by atoms with Gasteiger partial charge in [-0.05, 0) is 176 Å². The Balaban J connectivity index is 0.000000158. The first-order valence-electron chi connectivity index (χ1n) is 50.5. The average molecular weight is 1580 g/mol. The molecule has 0 atom stereocenters. The topological polar surface area (TPSA) is 82.1 Å². The number of nitrogens with zero attached hydrogens (tertiary/aromatic N) is 7. The third-order valence-electron chi connectivity index (χ3n) is 22.2. The number of aromatic nitrogens is 8. The molecule has 0 spiro atoms. The number of H-pyrrole nitrogens is 1. The van der Waals surface area contributed by atoms with Crippen LogP contribution in [-0.4, -0.2) is 38.6 Å². The summed E-state index contributed by atoms with van der Waals surface area (Å²) in [5.74, 6) is 0.266. The summed E-state index contributed by atoms with van der Waals surface area (Å²) in [7, 11) is 2.50. The van der Waals surface area contributed by atoms with Crippen molar-refractivity contribution in [2.45, 2.75) is 14.8 Å². The van der Waals surface area contributed by atoms with Gasteiger partial charge >= 0.3 is 0 Å². The molecule has 6 aromatic heterocycles. The standard InChI is InChI=1S/C54H34N4.C36H24N2.C18H11ClN2.2CH4.4H2/c1-4-14-35(15-5-1)39-25-29-49-45(32-39)43-22-12-13-23-48(43)57(49)41-27-31-51-47(34-41)46-33-40(36-16-6-2-7-17-36)26-30-50(46)58(51)54-55-52(38-19-8-3-9-20-38)44-28-24-37-18-10-11-21-42(37)53(44)56-54;1-3-9-24(10-4-1)26-15-18-33-30(21-26)31-23-28(17-19-34(31)37-33)38-35-14-8-7-13-29(35)32-22-27(16-20-36(32)38)25-11-5-2-6-12-25;19-18-20-16(13-7-2-1-3-8-13)15-11-10-12-6-4-5-9-14(12)17(15)21-18;;;;;;/h1-34H;1-23,37H;1-11H;2*1H4;4*1H/i10D,11D,18D,21D,24D,28D;;4D,5D,6D,9D,10D,11D;2*1D;4*1+1D. The zero-order valence-electron chi connectivity index (χ0n) is 86.3. The molecular formula is C110H85ClN8. The average Bonchev–Trinajstić information content (AvgIpc) is 1.03. The third kappa shape index (κ3) is 12.8. The molecule has 1 N–H and O–H groups in total. The summed E-state index contributed by atoms with van der Waals surface area (Å²) in [6, 6.07) is 113. The molecule has 0 aliphatic heterocycles. The van der Waals surface area contributed by atoms with Crippen LogP contribution in [0.15, 0.2) is 412 Å². The highest BCUT2D eigenvalue weighted by Gasteiger charge is 2.23. The summed E-state index contributed by atoms with van der Waals surface area (Å²) in [5.41, 5.74) is 22.5. The van der Waals surface area contributed by atoms with E-state index in [4.69, 9.17) is 51.3 Å². The van der Waals surface area contributed by atoms with Crippen LogP contribution in [-0.2, 0) is 0 Å². The molecular weight excluding hydrogens is 1470 g/mol. The van der Waals surface area contributed by atoms with Crippen LogP contribution in [0, 0.1) is 0 Å². The smallest absolute Gasteiger partial charge is 0.235 e. The third-order valence-corrected chi connectivity index (χ3v) is 22.3. The number of hydrogen-bond acceptors (Lipinski definition) is 4. The van der Waals surface area contributed by atoms with Crippen LogP contribution in [0.1, 0.15) is 45.9 Å². The summed E-state index contributed by atoms with van der Waals surface area (Å²) >= 11 is 6.11. The summed E-state index contributed by atoms with van der Waals surface area (Å²) in [6.45, 7) is 0. The lowest BCUT2D eigenvalue weighted by Gasteiger charge is -2.13. The monoisotopic (exact) mass is 1570 g/mol. The van der Waals surface area contributed by atoms with E-state index in [-0.39, 0.29) is 103 Å². The molecule has 0 aliphatic carbocycles. The van der Waals surface area contributed by atoms with Gasteiger partial charge in [0, 0.05) is 113 Å². The maximum atomic E-state index is 9.30. The second-order valence-electron chi connectivity index (χ2n) is 28.9. The lowest BCUT2D eigenvalue weighted by molar-refractivity contribution is 1.01. The zero-order valence-corrected chi connectivity index (χ0v) is 65.1. The highest BCUT2D eigenvalue weighted by atomic mass is 35.5. The molecule has 6 heterocycles. The van der Waals surface area contributed by atoms with E-state index >= 15 is 0 Å². The van der Waals surface area contributed by atoms with Gasteiger partial charge in [-0.15, -0.1) is 0 Å². The Labute approximate surface area is 725 Å². The quantitative estimate of drug-likeness (QED) is 0.115. The van der Waals surface area contributed by atoms with Crippen LogP contribution in [0.3, 0.4) is 0 Å². The lowest BCUT2D eigenvalue weighted by Crippen LogP contribution is -2.04. The van der Waals surface area contributed by atoms with Crippen LogP contribution < -0.4 is 0 Å². The number of halogens is 1. The fourth-order valence-electron chi connectivity index (χ4n) is 16.7. The Kier molecular flexibility index (Phi) is 14.1.